The number of guanidine groups is 1. The van der Waals surface area contributed by atoms with E-state index >= 15 is 0 Å². The maximum absolute atomic E-state index is 12.0. The minimum Gasteiger partial charge on any atom is -0.493 e. The normalized spacial score (nSPS) is 10.5. The van der Waals surface area contributed by atoms with Crippen LogP contribution in [0.2, 0.25) is 0 Å². The van der Waals surface area contributed by atoms with Crippen LogP contribution in [-0.2, 0) is 6.54 Å². The van der Waals surface area contributed by atoms with Crippen LogP contribution < -0.4 is 25.4 Å². The lowest BCUT2D eigenvalue weighted by Crippen LogP contribution is -2.41. The molecular formula is C20H27IN4O3. The lowest BCUT2D eigenvalue weighted by atomic mass is 10.2. The highest BCUT2D eigenvalue weighted by atomic mass is 127. The number of methoxy groups -OCH3 is 2. The summed E-state index contributed by atoms with van der Waals surface area (Å²) >= 11 is 0. The second-order valence-corrected chi connectivity index (χ2v) is 5.66. The van der Waals surface area contributed by atoms with Crippen LogP contribution in [0.3, 0.4) is 0 Å². The van der Waals surface area contributed by atoms with Gasteiger partial charge in [-0.2, -0.15) is 0 Å². The molecule has 0 aliphatic carbocycles. The molecule has 2 aromatic carbocycles. The van der Waals surface area contributed by atoms with Crippen LogP contribution in [0.25, 0.3) is 0 Å². The monoisotopic (exact) mass is 498 g/mol. The SMILES string of the molecule is CN=C(NCCNC(=O)c1ccccc1)NCc1ccc(OC)c(OC)c1.I. The summed E-state index contributed by atoms with van der Waals surface area (Å²) in [5.41, 5.74) is 1.68. The molecule has 2 rings (SSSR count). The molecule has 0 fully saturated rings. The van der Waals surface area contributed by atoms with E-state index in [0.29, 0.717) is 42.7 Å². The molecule has 3 N–H and O–H groups in total. The minimum atomic E-state index is -0.0920. The van der Waals surface area contributed by atoms with Gasteiger partial charge in [0.05, 0.1) is 14.2 Å². The summed E-state index contributed by atoms with van der Waals surface area (Å²) in [4.78, 5) is 16.2. The third-order valence-corrected chi connectivity index (χ3v) is 3.87. The van der Waals surface area contributed by atoms with E-state index in [0.717, 1.165) is 5.56 Å². The third kappa shape index (κ3) is 7.26. The van der Waals surface area contributed by atoms with E-state index in [4.69, 9.17) is 9.47 Å². The van der Waals surface area contributed by atoms with E-state index < -0.39 is 0 Å². The topological polar surface area (TPSA) is 84.0 Å². The predicted molar refractivity (Wildman–Crippen MR) is 122 cm³/mol. The number of amides is 1. The summed E-state index contributed by atoms with van der Waals surface area (Å²) in [7, 11) is 4.92. The molecule has 0 bridgehead atoms. The van der Waals surface area contributed by atoms with Crippen molar-refractivity contribution in [2.45, 2.75) is 6.54 Å². The van der Waals surface area contributed by atoms with Crippen LogP contribution in [-0.4, -0.2) is 46.2 Å². The number of hydrogen-bond acceptors (Lipinski definition) is 4. The van der Waals surface area contributed by atoms with Crippen LogP contribution in [0.1, 0.15) is 15.9 Å². The Labute approximate surface area is 182 Å². The summed E-state index contributed by atoms with van der Waals surface area (Å²) < 4.78 is 10.5. The lowest BCUT2D eigenvalue weighted by molar-refractivity contribution is 0.0954. The molecule has 0 spiro atoms. The Morgan fingerprint density at radius 3 is 2.25 bits per heavy atom. The number of ether oxygens (including phenoxy) is 2. The van der Waals surface area contributed by atoms with Gasteiger partial charge >= 0.3 is 0 Å². The first-order valence-corrected chi connectivity index (χ1v) is 8.66. The van der Waals surface area contributed by atoms with E-state index in [2.05, 4.69) is 20.9 Å². The fourth-order valence-electron chi connectivity index (χ4n) is 2.45. The van der Waals surface area contributed by atoms with Crippen molar-refractivity contribution in [3.05, 3.63) is 59.7 Å². The Morgan fingerprint density at radius 1 is 0.929 bits per heavy atom. The van der Waals surface area contributed by atoms with Gasteiger partial charge in [-0.05, 0) is 29.8 Å². The summed E-state index contributed by atoms with van der Waals surface area (Å²) in [5.74, 6) is 1.94. The van der Waals surface area contributed by atoms with Gasteiger partial charge < -0.3 is 25.4 Å². The van der Waals surface area contributed by atoms with Crippen molar-refractivity contribution in [2.24, 2.45) is 4.99 Å². The molecule has 0 heterocycles. The number of carbonyl (C=O) groups excluding carboxylic acids is 1. The second-order valence-electron chi connectivity index (χ2n) is 5.66. The molecule has 0 aromatic heterocycles. The van der Waals surface area contributed by atoms with Gasteiger partial charge in [-0.1, -0.05) is 24.3 Å². The summed E-state index contributed by atoms with van der Waals surface area (Å²) in [6, 6.07) is 14.9. The average molecular weight is 498 g/mol. The number of benzene rings is 2. The number of rotatable bonds is 8. The van der Waals surface area contributed by atoms with E-state index in [-0.39, 0.29) is 29.9 Å². The Hall–Kier alpha value is -2.49. The number of hydrogen-bond donors (Lipinski definition) is 3. The zero-order valence-corrected chi connectivity index (χ0v) is 18.7. The predicted octanol–water partition coefficient (Wildman–Crippen LogP) is 2.42. The standard InChI is InChI=1S/C20H26N4O3.HI/c1-21-20(23-12-11-22-19(25)16-7-5-4-6-8-16)24-14-15-9-10-17(26-2)18(13-15)27-3;/h4-10,13H,11-12,14H2,1-3H3,(H,22,25)(H2,21,23,24);1H. The molecule has 0 radical (unpaired) electrons. The number of nitrogens with one attached hydrogen (secondary N) is 3. The van der Waals surface area contributed by atoms with Crippen molar-refractivity contribution in [2.75, 3.05) is 34.4 Å². The van der Waals surface area contributed by atoms with Crippen LogP contribution in [0.15, 0.2) is 53.5 Å². The molecule has 0 unspecified atom stereocenters. The molecule has 152 valence electrons. The first-order valence-electron chi connectivity index (χ1n) is 8.66. The Kier molecular flexibility index (Phi) is 10.8. The molecule has 7 nitrogen and oxygen atoms in total. The van der Waals surface area contributed by atoms with Gasteiger partial charge in [-0.15, -0.1) is 24.0 Å². The van der Waals surface area contributed by atoms with E-state index in [9.17, 15) is 4.79 Å². The number of nitrogens with zero attached hydrogens (tertiary/aromatic N) is 1. The van der Waals surface area contributed by atoms with E-state index in [1.807, 2.05) is 36.4 Å². The summed E-state index contributed by atoms with van der Waals surface area (Å²) in [6.07, 6.45) is 0. The van der Waals surface area contributed by atoms with Crippen LogP contribution in [0.4, 0.5) is 0 Å². The van der Waals surface area contributed by atoms with Crippen molar-refractivity contribution < 1.29 is 14.3 Å². The van der Waals surface area contributed by atoms with E-state index in [1.165, 1.54) is 0 Å². The highest BCUT2D eigenvalue weighted by Crippen LogP contribution is 2.27. The highest BCUT2D eigenvalue weighted by Gasteiger charge is 2.06. The van der Waals surface area contributed by atoms with Crippen molar-refractivity contribution in [1.82, 2.24) is 16.0 Å². The first-order chi connectivity index (χ1) is 13.2. The van der Waals surface area contributed by atoms with Crippen molar-refractivity contribution in [1.29, 1.82) is 0 Å². The zero-order valence-electron chi connectivity index (χ0n) is 16.3. The van der Waals surface area contributed by atoms with Crippen LogP contribution in [0, 0.1) is 0 Å². The average Bonchev–Trinajstić information content (AvgIpc) is 2.73. The van der Waals surface area contributed by atoms with Crippen molar-refractivity contribution in [3.63, 3.8) is 0 Å². The van der Waals surface area contributed by atoms with Crippen LogP contribution >= 0.6 is 24.0 Å². The molecule has 28 heavy (non-hydrogen) atoms. The summed E-state index contributed by atoms with van der Waals surface area (Å²) in [5, 5.41) is 9.26. The zero-order chi connectivity index (χ0) is 19.5. The molecule has 0 aliphatic rings. The molecular weight excluding hydrogens is 471 g/mol. The summed E-state index contributed by atoms with van der Waals surface area (Å²) in [6.45, 7) is 1.63. The fourth-order valence-corrected chi connectivity index (χ4v) is 2.45. The van der Waals surface area contributed by atoms with Gasteiger partial charge in [0.1, 0.15) is 0 Å². The number of aliphatic imine (C=N–C) groups is 1. The fraction of sp³-hybridized carbons (Fsp3) is 0.300. The van der Waals surface area contributed by atoms with E-state index in [1.54, 1.807) is 33.4 Å². The van der Waals surface area contributed by atoms with Gasteiger partial charge in [-0.25, -0.2) is 0 Å². The third-order valence-electron chi connectivity index (χ3n) is 3.87. The molecule has 0 aliphatic heterocycles. The molecule has 8 heteroatoms. The lowest BCUT2D eigenvalue weighted by Gasteiger charge is -2.14. The minimum absolute atomic E-state index is 0. The Balaban J connectivity index is 0.00000392. The smallest absolute Gasteiger partial charge is 0.251 e. The van der Waals surface area contributed by atoms with Crippen molar-refractivity contribution in [3.8, 4) is 11.5 Å². The first kappa shape index (κ1) is 23.5. The Morgan fingerprint density at radius 2 is 1.61 bits per heavy atom. The quantitative estimate of drug-likeness (QED) is 0.226. The Bertz CT molecular complexity index is 769. The van der Waals surface area contributed by atoms with Gasteiger partial charge in [0, 0.05) is 32.2 Å². The number of halogens is 1. The van der Waals surface area contributed by atoms with Gasteiger partial charge in [0.25, 0.3) is 5.91 Å². The molecule has 0 saturated heterocycles. The maximum atomic E-state index is 12.0. The maximum Gasteiger partial charge on any atom is 0.251 e. The molecule has 2 aromatic rings. The van der Waals surface area contributed by atoms with Crippen LogP contribution in [0.5, 0.6) is 11.5 Å². The van der Waals surface area contributed by atoms with Gasteiger partial charge in [0.15, 0.2) is 17.5 Å². The van der Waals surface area contributed by atoms with Crippen molar-refractivity contribution >= 4 is 35.8 Å². The van der Waals surface area contributed by atoms with Gasteiger partial charge in [0.2, 0.25) is 0 Å². The molecule has 0 saturated carbocycles. The molecule has 1 amide bonds. The number of carbonyl (C=O) groups is 1. The van der Waals surface area contributed by atoms with Gasteiger partial charge in [-0.3, -0.25) is 9.79 Å². The molecule has 0 atom stereocenters. The highest BCUT2D eigenvalue weighted by molar-refractivity contribution is 14.0. The largest absolute Gasteiger partial charge is 0.493 e. The second kappa shape index (κ2) is 12.8.